The number of carbonyl (C=O) groups excluding carboxylic acids is 1. The molecule has 1 atom stereocenters. The van der Waals surface area contributed by atoms with E-state index in [2.05, 4.69) is 31.0 Å². The summed E-state index contributed by atoms with van der Waals surface area (Å²) in [7, 11) is 0. The summed E-state index contributed by atoms with van der Waals surface area (Å²) in [5.41, 5.74) is 0. The van der Waals surface area contributed by atoms with Crippen molar-refractivity contribution in [2.75, 3.05) is 26.2 Å². The first-order valence-electron chi connectivity index (χ1n) is 7.65. The lowest BCUT2D eigenvalue weighted by Crippen LogP contribution is -2.40. The molecule has 1 rings (SSSR count). The summed E-state index contributed by atoms with van der Waals surface area (Å²) in [6.07, 6.45) is 5.32. The molecule has 0 aliphatic carbocycles. The van der Waals surface area contributed by atoms with Crippen molar-refractivity contribution in [1.29, 1.82) is 0 Å². The molecule has 106 valence electrons. The second-order valence-electron chi connectivity index (χ2n) is 5.75. The molecule has 18 heavy (non-hydrogen) atoms. The lowest BCUT2D eigenvalue weighted by molar-refractivity contribution is -0.133. The highest BCUT2D eigenvalue weighted by molar-refractivity contribution is 5.76. The molecule has 1 aliphatic rings. The van der Waals surface area contributed by atoms with Gasteiger partial charge in [-0.2, -0.15) is 0 Å². The molecule has 0 bridgehead atoms. The lowest BCUT2D eigenvalue weighted by Gasteiger charge is -2.30. The Kier molecular flexibility index (Phi) is 7.33. The first-order chi connectivity index (χ1) is 8.67. The zero-order valence-corrected chi connectivity index (χ0v) is 12.4. The lowest BCUT2D eigenvalue weighted by atomic mass is 9.96. The van der Waals surface area contributed by atoms with Crippen molar-refractivity contribution in [2.45, 2.75) is 52.9 Å². The molecule has 0 aromatic carbocycles. The summed E-state index contributed by atoms with van der Waals surface area (Å²) in [4.78, 5) is 14.4. The number of nitrogens with zero attached hydrogens (tertiary/aromatic N) is 1. The molecular weight excluding hydrogens is 224 g/mol. The molecule has 0 radical (unpaired) electrons. The fraction of sp³-hybridized carbons (Fsp3) is 0.933. The molecule has 1 aliphatic heterocycles. The normalized spacial score (nSPS) is 18.6. The van der Waals surface area contributed by atoms with Crippen molar-refractivity contribution in [2.24, 2.45) is 11.8 Å². The van der Waals surface area contributed by atoms with Crippen LogP contribution in [0.25, 0.3) is 0 Å². The van der Waals surface area contributed by atoms with Gasteiger partial charge in [-0.1, -0.05) is 27.2 Å². The Labute approximate surface area is 112 Å². The van der Waals surface area contributed by atoms with Gasteiger partial charge in [0, 0.05) is 19.5 Å². The van der Waals surface area contributed by atoms with E-state index < -0.39 is 0 Å². The molecule has 0 saturated carbocycles. The van der Waals surface area contributed by atoms with Crippen molar-refractivity contribution in [3.05, 3.63) is 0 Å². The number of carbonyl (C=O) groups is 1. The zero-order valence-electron chi connectivity index (χ0n) is 12.4. The summed E-state index contributed by atoms with van der Waals surface area (Å²) in [6, 6.07) is 0. The van der Waals surface area contributed by atoms with Gasteiger partial charge in [-0.15, -0.1) is 0 Å². The number of hydrogen-bond donors (Lipinski definition) is 1. The number of rotatable bonds is 7. The van der Waals surface area contributed by atoms with Crippen LogP contribution >= 0.6 is 0 Å². The first kappa shape index (κ1) is 15.5. The number of piperidine rings is 1. The zero-order chi connectivity index (χ0) is 13.4. The topological polar surface area (TPSA) is 32.3 Å². The Morgan fingerprint density at radius 3 is 2.56 bits per heavy atom. The van der Waals surface area contributed by atoms with E-state index >= 15 is 0 Å². The third kappa shape index (κ3) is 5.38. The molecule has 1 fully saturated rings. The third-order valence-corrected chi connectivity index (χ3v) is 4.00. The molecule has 0 aromatic rings. The summed E-state index contributed by atoms with van der Waals surface area (Å²) in [6.45, 7) is 10.6. The van der Waals surface area contributed by atoms with Gasteiger partial charge in [0.05, 0.1) is 0 Å². The van der Waals surface area contributed by atoms with Crippen LogP contribution in [0, 0.1) is 11.8 Å². The van der Waals surface area contributed by atoms with Gasteiger partial charge in [0.15, 0.2) is 0 Å². The van der Waals surface area contributed by atoms with Crippen LogP contribution in [-0.4, -0.2) is 37.0 Å². The molecule has 1 unspecified atom stereocenters. The van der Waals surface area contributed by atoms with Gasteiger partial charge in [0.25, 0.3) is 0 Å². The smallest absolute Gasteiger partial charge is 0.222 e. The Morgan fingerprint density at radius 2 is 2.00 bits per heavy atom. The van der Waals surface area contributed by atoms with E-state index in [1.807, 2.05) is 0 Å². The van der Waals surface area contributed by atoms with Crippen molar-refractivity contribution in [3.8, 4) is 0 Å². The highest BCUT2D eigenvalue weighted by atomic mass is 16.2. The molecular formula is C15H30N2O. The number of hydrogen-bond acceptors (Lipinski definition) is 2. The Balaban J connectivity index is 2.44. The minimum atomic E-state index is 0.365. The van der Waals surface area contributed by atoms with Crippen LogP contribution in [0.4, 0.5) is 0 Å². The molecule has 1 saturated heterocycles. The van der Waals surface area contributed by atoms with Crippen LogP contribution in [0.2, 0.25) is 0 Å². The molecule has 3 heteroatoms. The van der Waals surface area contributed by atoms with Crippen LogP contribution in [0.5, 0.6) is 0 Å². The second-order valence-corrected chi connectivity index (χ2v) is 5.75. The minimum absolute atomic E-state index is 0.365. The van der Waals surface area contributed by atoms with E-state index in [1.165, 1.54) is 12.8 Å². The second kappa shape index (κ2) is 8.52. The maximum absolute atomic E-state index is 12.3. The molecule has 0 spiro atoms. The van der Waals surface area contributed by atoms with E-state index in [1.54, 1.807) is 0 Å². The third-order valence-electron chi connectivity index (χ3n) is 4.00. The van der Waals surface area contributed by atoms with E-state index in [0.29, 0.717) is 17.7 Å². The fourth-order valence-electron chi connectivity index (χ4n) is 2.54. The maximum atomic E-state index is 12.3. The van der Waals surface area contributed by atoms with Gasteiger partial charge >= 0.3 is 0 Å². The van der Waals surface area contributed by atoms with E-state index in [9.17, 15) is 4.79 Å². The quantitative estimate of drug-likeness (QED) is 0.757. The van der Waals surface area contributed by atoms with Crippen LogP contribution in [-0.2, 0) is 4.79 Å². The Hall–Kier alpha value is -0.570. The summed E-state index contributed by atoms with van der Waals surface area (Å²) >= 11 is 0. The predicted molar refractivity (Wildman–Crippen MR) is 76.5 cm³/mol. The first-order valence-corrected chi connectivity index (χ1v) is 7.65. The summed E-state index contributed by atoms with van der Waals surface area (Å²) in [5.74, 6) is 1.59. The van der Waals surface area contributed by atoms with Gasteiger partial charge in [-0.3, -0.25) is 4.79 Å². The molecule has 1 N–H and O–H groups in total. The van der Waals surface area contributed by atoms with Crippen LogP contribution < -0.4 is 5.32 Å². The fourth-order valence-corrected chi connectivity index (χ4v) is 2.54. The highest BCUT2D eigenvalue weighted by Crippen LogP contribution is 2.16. The monoisotopic (exact) mass is 254 g/mol. The standard InChI is InChI=1S/C15H30N2O/c1-4-10-17(15(18)11-13(3)5-2)12-14-6-8-16-9-7-14/h13-14,16H,4-12H2,1-3H3. The van der Waals surface area contributed by atoms with Crippen molar-refractivity contribution >= 4 is 5.91 Å². The number of amides is 1. The van der Waals surface area contributed by atoms with Crippen molar-refractivity contribution < 1.29 is 4.79 Å². The van der Waals surface area contributed by atoms with Crippen LogP contribution in [0.3, 0.4) is 0 Å². The van der Waals surface area contributed by atoms with Gasteiger partial charge in [-0.25, -0.2) is 0 Å². The van der Waals surface area contributed by atoms with E-state index in [-0.39, 0.29) is 0 Å². The van der Waals surface area contributed by atoms with Crippen molar-refractivity contribution in [3.63, 3.8) is 0 Å². The summed E-state index contributed by atoms with van der Waals surface area (Å²) in [5, 5.41) is 3.39. The molecule has 3 nitrogen and oxygen atoms in total. The molecule has 1 heterocycles. The number of nitrogens with one attached hydrogen (secondary N) is 1. The average molecular weight is 254 g/mol. The largest absolute Gasteiger partial charge is 0.342 e. The Morgan fingerprint density at radius 1 is 1.33 bits per heavy atom. The highest BCUT2D eigenvalue weighted by Gasteiger charge is 2.21. The molecule has 0 aromatic heterocycles. The van der Waals surface area contributed by atoms with Crippen molar-refractivity contribution in [1.82, 2.24) is 10.2 Å². The average Bonchev–Trinajstić information content (AvgIpc) is 2.39. The predicted octanol–water partition coefficient (Wildman–Crippen LogP) is 2.66. The summed E-state index contributed by atoms with van der Waals surface area (Å²) < 4.78 is 0. The molecule has 1 amide bonds. The SMILES string of the molecule is CCCN(CC1CCNCC1)C(=O)CC(C)CC. The van der Waals surface area contributed by atoms with Gasteiger partial charge in [-0.05, 0) is 44.2 Å². The Bertz CT molecular complexity index is 237. The van der Waals surface area contributed by atoms with Gasteiger partial charge in [0.1, 0.15) is 0 Å². The van der Waals surface area contributed by atoms with Crippen LogP contribution in [0.15, 0.2) is 0 Å². The van der Waals surface area contributed by atoms with Gasteiger partial charge < -0.3 is 10.2 Å². The van der Waals surface area contributed by atoms with Gasteiger partial charge in [0.2, 0.25) is 5.91 Å². The maximum Gasteiger partial charge on any atom is 0.222 e. The van der Waals surface area contributed by atoms with E-state index in [0.717, 1.165) is 45.4 Å². The van der Waals surface area contributed by atoms with Crippen LogP contribution in [0.1, 0.15) is 52.9 Å². The van der Waals surface area contributed by atoms with E-state index in [4.69, 9.17) is 0 Å². The minimum Gasteiger partial charge on any atom is -0.342 e.